The molecule has 4 heteroatoms. The molecule has 0 atom stereocenters. The van der Waals surface area contributed by atoms with Crippen LogP contribution in [0.25, 0.3) is 11.0 Å². The second kappa shape index (κ2) is 5.57. The number of hydrogen-bond acceptors (Lipinski definition) is 1. The highest BCUT2D eigenvalue weighted by Gasteiger charge is 2.29. The van der Waals surface area contributed by atoms with Gasteiger partial charge in [0.1, 0.15) is 5.82 Å². The summed E-state index contributed by atoms with van der Waals surface area (Å²) in [7, 11) is 0. The summed E-state index contributed by atoms with van der Waals surface area (Å²) in [6.45, 7) is 3.35. The molecule has 1 heterocycles. The number of rotatable bonds is 3. The Kier molecular flexibility index (Phi) is 3.96. The van der Waals surface area contributed by atoms with Gasteiger partial charge in [-0.05, 0) is 30.4 Å². The van der Waals surface area contributed by atoms with Crippen LogP contribution in [0.15, 0.2) is 18.2 Å². The molecular weight excluding hydrogens is 291 g/mol. The van der Waals surface area contributed by atoms with E-state index in [0.717, 1.165) is 28.4 Å². The van der Waals surface area contributed by atoms with Gasteiger partial charge in [-0.25, -0.2) is 4.98 Å². The molecule has 1 aromatic heterocycles. The van der Waals surface area contributed by atoms with Gasteiger partial charge in [-0.2, -0.15) is 0 Å². The van der Waals surface area contributed by atoms with Gasteiger partial charge >= 0.3 is 0 Å². The van der Waals surface area contributed by atoms with Crippen molar-refractivity contribution in [2.24, 2.45) is 5.41 Å². The van der Waals surface area contributed by atoms with Crippen molar-refractivity contribution < 1.29 is 0 Å². The molecule has 0 bridgehead atoms. The van der Waals surface area contributed by atoms with E-state index < -0.39 is 0 Å². The molecule has 3 rings (SSSR count). The molecule has 0 N–H and O–H groups in total. The van der Waals surface area contributed by atoms with Gasteiger partial charge in [0, 0.05) is 6.54 Å². The van der Waals surface area contributed by atoms with Crippen molar-refractivity contribution in [1.29, 1.82) is 0 Å². The van der Waals surface area contributed by atoms with Crippen molar-refractivity contribution in [3.05, 3.63) is 29.0 Å². The van der Waals surface area contributed by atoms with E-state index in [1.54, 1.807) is 0 Å². The fraction of sp³-hybridized carbons (Fsp3) is 0.562. The molecular formula is C16H20Cl2N2. The Morgan fingerprint density at radius 3 is 2.70 bits per heavy atom. The first-order chi connectivity index (χ1) is 9.63. The largest absolute Gasteiger partial charge is 0.325 e. The minimum Gasteiger partial charge on any atom is -0.325 e. The summed E-state index contributed by atoms with van der Waals surface area (Å²) in [5, 5.41) is 0.769. The van der Waals surface area contributed by atoms with E-state index in [0.29, 0.717) is 11.3 Å². The Morgan fingerprint density at radius 1 is 1.25 bits per heavy atom. The molecule has 0 amide bonds. The van der Waals surface area contributed by atoms with Crippen LogP contribution < -0.4 is 0 Å². The number of para-hydroxylation sites is 1. The lowest BCUT2D eigenvalue weighted by molar-refractivity contribution is 0.184. The molecule has 1 aromatic carbocycles. The lowest BCUT2D eigenvalue weighted by Crippen LogP contribution is -2.26. The predicted octanol–water partition coefficient (Wildman–Crippen LogP) is 5.40. The van der Waals surface area contributed by atoms with Crippen LogP contribution in [0.3, 0.4) is 0 Å². The number of imidazole rings is 1. The monoisotopic (exact) mass is 310 g/mol. The fourth-order valence-corrected chi connectivity index (χ4v) is 3.88. The van der Waals surface area contributed by atoms with E-state index in [9.17, 15) is 0 Å². The van der Waals surface area contributed by atoms with Crippen molar-refractivity contribution in [2.75, 3.05) is 0 Å². The molecule has 0 spiro atoms. The third kappa shape index (κ3) is 2.56. The lowest BCUT2D eigenvalue weighted by atomic mass is 9.75. The van der Waals surface area contributed by atoms with Gasteiger partial charge in [0.15, 0.2) is 0 Å². The Labute approximate surface area is 130 Å². The van der Waals surface area contributed by atoms with Crippen LogP contribution in [-0.2, 0) is 12.4 Å². The highest BCUT2D eigenvalue weighted by atomic mass is 35.5. The van der Waals surface area contributed by atoms with Gasteiger partial charge < -0.3 is 4.57 Å². The molecule has 2 nitrogen and oxygen atoms in total. The third-order valence-corrected chi connectivity index (χ3v) is 5.06. The minimum absolute atomic E-state index is 0.339. The summed E-state index contributed by atoms with van der Waals surface area (Å²) < 4.78 is 2.25. The fourth-order valence-electron chi connectivity index (χ4n) is 3.41. The van der Waals surface area contributed by atoms with Gasteiger partial charge in [0.25, 0.3) is 0 Å². The summed E-state index contributed by atoms with van der Waals surface area (Å²) >= 11 is 12.5. The van der Waals surface area contributed by atoms with Crippen LogP contribution in [0, 0.1) is 5.41 Å². The smallest absolute Gasteiger partial charge is 0.124 e. The molecule has 108 valence electrons. The van der Waals surface area contributed by atoms with E-state index >= 15 is 0 Å². The SMILES string of the molecule is CC1(Cn2c(CCl)nc3cccc(Cl)c32)CCCCC1. The quantitative estimate of drug-likeness (QED) is 0.694. The van der Waals surface area contributed by atoms with E-state index in [-0.39, 0.29) is 0 Å². The lowest BCUT2D eigenvalue weighted by Gasteiger charge is -2.34. The summed E-state index contributed by atoms with van der Waals surface area (Å²) in [6, 6.07) is 5.89. The van der Waals surface area contributed by atoms with Crippen LogP contribution in [0.5, 0.6) is 0 Å². The Morgan fingerprint density at radius 2 is 2.00 bits per heavy atom. The molecule has 0 unspecified atom stereocenters. The first kappa shape index (κ1) is 14.2. The van der Waals surface area contributed by atoms with Crippen molar-refractivity contribution in [2.45, 2.75) is 51.5 Å². The number of benzene rings is 1. The molecule has 0 radical (unpaired) electrons. The highest BCUT2D eigenvalue weighted by molar-refractivity contribution is 6.35. The van der Waals surface area contributed by atoms with E-state index in [1.165, 1.54) is 32.1 Å². The minimum atomic E-state index is 0.339. The Hall–Kier alpha value is -0.730. The van der Waals surface area contributed by atoms with Gasteiger partial charge in [0.2, 0.25) is 0 Å². The number of alkyl halides is 1. The summed E-state index contributed by atoms with van der Waals surface area (Å²) in [5.74, 6) is 1.36. The number of hydrogen-bond donors (Lipinski definition) is 0. The average molecular weight is 311 g/mol. The Bertz CT molecular complexity index is 612. The second-order valence-corrected chi connectivity index (χ2v) is 6.90. The van der Waals surface area contributed by atoms with Crippen molar-refractivity contribution >= 4 is 34.2 Å². The predicted molar refractivity (Wildman–Crippen MR) is 85.5 cm³/mol. The summed E-state index contributed by atoms with van der Waals surface area (Å²) in [4.78, 5) is 4.64. The standard InChI is InChI=1S/C16H20Cl2N2/c1-16(8-3-2-4-9-16)11-20-14(10-17)19-13-7-5-6-12(18)15(13)20/h5-7H,2-4,8-11H2,1H3. The second-order valence-electron chi connectivity index (χ2n) is 6.23. The number of aromatic nitrogens is 2. The maximum Gasteiger partial charge on any atom is 0.124 e. The number of fused-ring (bicyclic) bond motifs is 1. The first-order valence-electron chi connectivity index (χ1n) is 7.33. The topological polar surface area (TPSA) is 17.8 Å². The van der Waals surface area contributed by atoms with Gasteiger partial charge in [0.05, 0.1) is 21.9 Å². The maximum absolute atomic E-state index is 6.39. The Balaban J connectivity index is 2.05. The van der Waals surface area contributed by atoms with Crippen LogP contribution in [0.2, 0.25) is 5.02 Å². The van der Waals surface area contributed by atoms with Crippen molar-refractivity contribution in [1.82, 2.24) is 9.55 Å². The number of nitrogens with zero attached hydrogens (tertiary/aromatic N) is 2. The van der Waals surface area contributed by atoms with Crippen LogP contribution in [-0.4, -0.2) is 9.55 Å². The zero-order valence-corrected chi connectivity index (χ0v) is 13.3. The van der Waals surface area contributed by atoms with Crippen LogP contribution >= 0.6 is 23.2 Å². The maximum atomic E-state index is 6.39. The molecule has 20 heavy (non-hydrogen) atoms. The van der Waals surface area contributed by atoms with Crippen molar-refractivity contribution in [3.8, 4) is 0 Å². The summed E-state index contributed by atoms with van der Waals surface area (Å²) in [5.41, 5.74) is 2.33. The van der Waals surface area contributed by atoms with E-state index in [4.69, 9.17) is 23.2 Å². The highest BCUT2D eigenvalue weighted by Crippen LogP contribution is 2.39. The molecule has 1 aliphatic rings. The van der Waals surface area contributed by atoms with Crippen molar-refractivity contribution in [3.63, 3.8) is 0 Å². The molecule has 0 aliphatic heterocycles. The number of halogens is 2. The molecule has 2 aromatic rings. The van der Waals surface area contributed by atoms with Crippen LogP contribution in [0.1, 0.15) is 44.9 Å². The van der Waals surface area contributed by atoms with Gasteiger partial charge in [-0.15, -0.1) is 11.6 Å². The summed E-state index contributed by atoms with van der Waals surface area (Å²) in [6.07, 6.45) is 6.57. The van der Waals surface area contributed by atoms with Gasteiger partial charge in [-0.1, -0.05) is 43.9 Å². The zero-order chi connectivity index (χ0) is 14.2. The van der Waals surface area contributed by atoms with Gasteiger partial charge in [-0.3, -0.25) is 0 Å². The first-order valence-corrected chi connectivity index (χ1v) is 8.24. The average Bonchev–Trinajstić information content (AvgIpc) is 2.78. The van der Waals surface area contributed by atoms with E-state index in [2.05, 4.69) is 16.5 Å². The van der Waals surface area contributed by atoms with Crippen LogP contribution in [0.4, 0.5) is 0 Å². The normalized spacial score (nSPS) is 18.6. The zero-order valence-electron chi connectivity index (χ0n) is 11.8. The molecule has 0 saturated heterocycles. The molecule has 1 aliphatic carbocycles. The van der Waals surface area contributed by atoms with E-state index in [1.807, 2.05) is 18.2 Å². The molecule has 1 saturated carbocycles. The molecule has 1 fully saturated rings. The third-order valence-electron chi connectivity index (χ3n) is 4.52.